The predicted molar refractivity (Wildman–Crippen MR) is 261 cm³/mol. The van der Waals surface area contributed by atoms with Crippen molar-refractivity contribution in [1.29, 1.82) is 0 Å². The van der Waals surface area contributed by atoms with Crippen molar-refractivity contribution in [2.24, 2.45) is 0 Å². The smallest absolute Gasteiger partial charge is 0.336 e. The van der Waals surface area contributed by atoms with Gasteiger partial charge in [0.15, 0.2) is 10.5 Å². The average molecular weight is 1020 g/mol. The number of nitrogens with one attached hydrogen (secondary N) is 7. The average Bonchev–Trinajstić information content (AvgIpc) is 3.31. The lowest BCUT2D eigenvalue weighted by molar-refractivity contribution is -0.142. The first kappa shape index (κ1) is 56.2. The van der Waals surface area contributed by atoms with Gasteiger partial charge in [-0.05, 0) is 86.3 Å². The van der Waals surface area contributed by atoms with Gasteiger partial charge >= 0.3 is 35.9 Å². The predicted octanol–water partition coefficient (Wildman–Crippen LogP) is 3.03. The number of phenols is 1. The van der Waals surface area contributed by atoms with Crippen LogP contribution in [-0.4, -0.2) is 127 Å². The lowest BCUT2D eigenvalue weighted by Crippen LogP contribution is -2.51. The molecule has 0 radical (unpaired) electrons. The molecule has 2 unspecified atom stereocenters. The quantitative estimate of drug-likeness (QED) is 0.0211. The Balaban J connectivity index is 1.09. The number of amides is 5. The highest BCUT2D eigenvalue weighted by Crippen LogP contribution is 2.42. The van der Waals surface area contributed by atoms with Gasteiger partial charge in [0.1, 0.15) is 35.2 Å². The fourth-order valence-corrected chi connectivity index (χ4v) is 7.50. The Bertz CT molecular complexity index is 2690. The third-order valence-corrected chi connectivity index (χ3v) is 11.1. The van der Waals surface area contributed by atoms with Crippen LogP contribution in [0.1, 0.15) is 87.4 Å². The van der Waals surface area contributed by atoms with Crippen LogP contribution in [0.2, 0.25) is 0 Å². The molecule has 72 heavy (non-hydrogen) atoms. The van der Waals surface area contributed by atoms with E-state index in [0.29, 0.717) is 47.2 Å². The van der Waals surface area contributed by atoms with E-state index in [1.807, 2.05) is 10.6 Å². The molecule has 386 valence electrons. The number of carbonyl (C=O) groups is 9. The van der Waals surface area contributed by atoms with E-state index in [1.54, 1.807) is 24.3 Å². The number of carbonyl (C=O) groups excluding carboxylic acids is 4. The molecule has 0 aromatic heterocycles. The van der Waals surface area contributed by atoms with Crippen LogP contribution >= 0.6 is 12.2 Å². The summed E-state index contributed by atoms with van der Waals surface area (Å²) >= 11 is 5.44. The molecule has 0 bridgehead atoms. The van der Waals surface area contributed by atoms with Crippen LogP contribution in [0.4, 0.5) is 10.5 Å². The molecule has 0 fully saturated rings. The number of unbranched alkanes of at least 4 members (excludes halogenated alkanes) is 4. The summed E-state index contributed by atoms with van der Waals surface area (Å²) in [5.41, 5.74) is 1.70. The van der Waals surface area contributed by atoms with E-state index < -0.39 is 91.0 Å². The highest BCUT2D eigenvalue weighted by Gasteiger charge is 2.27. The zero-order valence-electron chi connectivity index (χ0n) is 38.6. The molecule has 5 amide bonds. The molecule has 1 heterocycles. The standard InChI is InChI=1S/C47H55N7O17S/c55-26-8-11-29-35(23-26)71-36-24-27(56)9-12-30(36)41(29)28-10-7-25(22-31(28)42(62)63)51-47(72)50-19-5-3-1-2-4-6-39(59)52-32(43(64)65)13-16-37(57)48-20-21-49-38(58)17-14-33(44(66)67)53-46(70)54-34(45(68)69)15-18-40(60)61/h7-12,22-24,32-34,55H,1-6,13-21H2,(H,48,57)(H,49,58)(H,52,59)(H,60,61)(H,62,63)(H,64,65)(H,66,67)(H,68,69)(H2,50,51,72)(H2,53,54,70)/t32-,33?,34?/m0/s1. The van der Waals surface area contributed by atoms with E-state index in [1.165, 1.54) is 30.3 Å². The number of anilines is 1. The number of aromatic hydroxyl groups is 1. The number of fused-ring (bicyclic) bond motifs is 2. The summed E-state index contributed by atoms with van der Waals surface area (Å²) in [6.07, 6.45) is 1.22. The maximum absolute atomic E-state index is 12.5. The topological polar surface area (TPSA) is 389 Å². The number of phenolic OH excluding ortho intramolecular Hbond substituents is 1. The van der Waals surface area contributed by atoms with Crippen molar-refractivity contribution >= 4 is 87.6 Å². The number of aromatic carboxylic acids is 1. The Kier molecular flexibility index (Phi) is 21.7. The Morgan fingerprint density at radius 3 is 1.74 bits per heavy atom. The molecular formula is C47H55N7O17S. The number of hydrogen-bond acceptors (Lipinski definition) is 13. The van der Waals surface area contributed by atoms with Crippen molar-refractivity contribution in [2.75, 3.05) is 25.0 Å². The second-order valence-electron chi connectivity index (χ2n) is 16.3. The van der Waals surface area contributed by atoms with Crippen molar-refractivity contribution in [3.8, 4) is 28.2 Å². The number of urea groups is 1. The zero-order valence-corrected chi connectivity index (χ0v) is 39.4. The van der Waals surface area contributed by atoms with Gasteiger partial charge in [0.05, 0.1) is 5.56 Å². The Morgan fingerprint density at radius 1 is 0.569 bits per heavy atom. The Labute approximate surface area is 415 Å². The van der Waals surface area contributed by atoms with Crippen LogP contribution < -0.4 is 42.6 Å². The van der Waals surface area contributed by atoms with Gasteiger partial charge in [0.25, 0.3) is 0 Å². The summed E-state index contributed by atoms with van der Waals surface area (Å²) in [6, 6.07) is 7.69. The highest BCUT2D eigenvalue weighted by atomic mass is 32.1. The van der Waals surface area contributed by atoms with Crippen molar-refractivity contribution in [1.82, 2.24) is 31.9 Å². The molecular weight excluding hydrogens is 967 g/mol. The van der Waals surface area contributed by atoms with Crippen LogP contribution in [0.25, 0.3) is 33.4 Å². The van der Waals surface area contributed by atoms with Gasteiger partial charge < -0.3 is 72.3 Å². The molecule has 1 aliphatic carbocycles. The van der Waals surface area contributed by atoms with Crippen LogP contribution in [0, 0.1) is 0 Å². The third-order valence-electron chi connectivity index (χ3n) is 10.9. The van der Waals surface area contributed by atoms with Gasteiger partial charge in [0.2, 0.25) is 17.7 Å². The summed E-state index contributed by atoms with van der Waals surface area (Å²) in [7, 11) is 0. The molecule has 2 aromatic carbocycles. The molecule has 0 saturated carbocycles. The minimum atomic E-state index is -1.60. The number of benzene rings is 3. The zero-order chi connectivity index (χ0) is 52.9. The minimum Gasteiger partial charge on any atom is -0.508 e. The van der Waals surface area contributed by atoms with E-state index in [0.717, 1.165) is 19.3 Å². The number of aliphatic carboxylic acids is 4. The maximum atomic E-state index is 12.5. The molecule has 25 heteroatoms. The van der Waals surface area contributed by atoms with E-state index in [2.05, 4.69) is 26.6 Å². The lowest BCUT2D eigenvalue weighted by Gasteiger charge is -2.18. The fourth-order valence-electron chi connectivity index (χ4n) is 7.28. The first-order valence-electron chi connectivity index (χ1n) is 22.6. The van der Waals surface area contributed by atoms with Gasteiger partial charge in [-0.2, -0.15) is 0 Å². The molecule has 13 N–H and O–H groups in total. The summed E-state index contributed by atoms with van der Waals surface area (Å²) in [5.74, 6) is -8.42. The second-order valence-corrected chi connectivity index (χ2v) is 16.8. The third kappa shape index (κ3) is 18.2. The Hall–Kier alpha value is -8.35. The molecule has 4 rings (SSSR count). The molecule has 3 atom stereocenters. The molecule has 1 aliphatic heterocycles. The van der Waals surface area contributed by atoms with Gasteiger partial charge in [-0.3, -0.25) is 24.0 Å². The van der Waals surface area contributed by atoms with Gasteiger partial charge in [-0.15, -0.1) is 0 Å². The molecule has 2 aromatic rings. The first-order valence-corrected chi connectivity index (χ1v) is 23.0. The number of carboxylic acid groups (broad SMARTS) is 5. The molecule has 2 aliphatic rings. The number of thiocarbonyl (C=S) groups is 1. The summed E-state index contributed by atoms with van der Waals surface area (Å²) in [4.78, 5) is 119. The van der Waals surface area contributed by atoms with Crippen molar-refractivity contribution in [3.05, 3.63) is 70.4 Å². The normalized spacial score (nSPS) is 12.1. The lowest BCUT2D eigenvalue weighted by atomic mass is 9.90. The highest BCUT2D eigenvalue weighted by molar-refractivity contribution is 7.80. The van der Waals surface area contributed by atoms with Gasteiger partial charge in [0, 0.05) is 79.7 Å². The molecule has 0 saturated heterocycles. The Morgan fingerprint density at radius 2 is 1.14 bits per heavy atom. The van der Waals surface area contributed by atoms with Crippen molar-refractivity contribution < 1.29 is 78.2 Å². The summed E-state index contributed by atoms with van der Waals surface area (Å²) in [5, 5.41) is 75.4. The van der Waals surface area contributed by atoms with Crippen LogP contribution in [0.5, 0.6) is 5.75 Å². The molecule has 24 nitrogen and oxygen atoms in total. The summed E-state index contributed by atoms with van der Waals surface area (Å²) < 4.78 is 5.88. The number of hydrogen-bond donors (Lipinski definition) is 13. The SMILES string of the molecule is O=C(O)CCC(NC(=O)NC(CCC(=O)NCCNC(=O)CC[C@H](NC(=O)CCCCCCCNC(=S)Nc1ccc(-c2c3ccc(=O)cc-3oc3cc(O)ccc23)c(C(=O)O)c1)C(=O)O)C(=O)O)C(=O)O. The maximum Gasteiger partial charge on any atom is 0.336 e. The van der Waals surface area contributed by atoms with Gasteiger partial charge in [-0.25, -0.2) is 24.0 Å². The van der Waals surface area contributed by atoms with Crippen molar-refractivity contribution in [3.63, 3.8) is 0 Å². The van der Waals surface area contributed by atoms with Crippen LogP contribution in [0.15, 0.2) is 63.8 Å². The number of carboxylic acids is 5. The van der Waals surface area contributed by atoms with Gasteiger partial charge in [-0.1, -0.05) is 25.3 Å². The van der Waals surface area contributed by atoms with Crippen LogP contribution in [-0.2, 0) is 33.6 Å². The minimum absolute atomic E-state index is 0.0460. The van der Waals surface area contributed by atoms with E-state index >= 15 is 0 Å². The van der Waals surface area contributed by atoms with Crippen LogP contribution in [0.3, 0.4) is 0 Å². The largest absolute Gasteiger partial charge is 0.508 e. The fraction of sp³-hybridized carbons (Fsp3) is 0.383. The van der Waals surface area contributed by atoms with E-state index in [4.69, 9.17) is 26.8 Å². The summed E-state index contributed by atoms with van der Waals surface area (Å²) in [6.45, 7) is 0.342. The molecule has 0 spiro atoms. The van der Waals surface area contributed by atoms with E-state index in [9.17, 15) is 68.4 Å². The van der Waals surface area contributed by atoms with Crippen molar-refractivity contribution in [2.45, 2.75) is 95.2 Å². The van der Waals surface area contributed by atoms with E-state index in [-0.39, 0.29) is 72.0 Å². The monoisotopic (exact) mass is 1020 g/mol. The number of rotatable bonds is 29. The second kappa shape index (κ2) is 27.7. The first-order chi connectivity index (χ1) is 34.2.